The molecular weight excluding hydrogens is 138 g/mol. The molecule has 0 aromatic carbocycles. The lowest BCUT2D eigenvalue weighted by Gasteiger charge is -2.16. The average Bonchev–Trinajstić information content (AvgIpc) is 1.53. The number of aliphatic imine (C=N–C) groups is 1. The zero-order valence-electron chi connectivity index (χ0n) is 8.06. The number of hydrogen-bond acceptors (Lipinski definition) is 1. The van der Waals surface area contributed by atoms with Gasteiger partial charge in [-0.05, 0) is 18.8 Å². The highest BCUT2D eigenvalue weighted by molar-refractivity contribution is 5.93. The van der Waals surface area contributed by atoms with Crippen LogP contribution in [0.3, 0.4) is 0 Å². The number of nitrogens with zero attached hydrogens (tertiary/aromatic N) is 1. The van der Waals surface area contributed by atoms with Crippen LogP contribution in [0.15, 0.2) is 4.99 Å². The van der Waals surface area contributed by atoms with Crippen molar-refractivity contribution in [1.82, 2.24) is 0 Å². The van der Waals surface area contributed by atoms with Crippen LogP contribution < -0.4 is 0 Å². The van der Waals surface area contributed by atoms with Gasteiger partial charge < -0.3 is 0 Å². The van der Waals surface area contributed by atoms with Crippen LogP contribution >= 0.6 is 0 Å². The minimum atomic E-state index is -0.105. The summed E-state index contributed by atoms with van der Waals surface area (Å²) in [6.07, 6.45) is 0.882. The minimum Gasteiger partial charge on any atom is -0.273 e. The lowest BCUT2D eigenvalue weighted by atomic mass is 9.90. The first-order valence-electron chi connectivity index (χ1n) is 3.86. The van der Waals surface area contributed by atoms with Gasteiger partial charge in [0.15, 0.2) is 0 Å². The monoisotopic (exact) mass is 155 g/mol. The molecule has 0 heterocycles. The molecule has 0 atom stereocenters. The lowest BCUT2D eigenvalue weighted by Crippen LogP contribution is -2.11. The van der Waals surface area contributed by atoms with E-state index >= 15 is 0 Å². The molecule has 0 aliphatic rings. The largest absolute Gasteiger partial charge is 0.273 e. The fourth-order valence-corrected chi connectivity index (χ4v) is 1.08. The van der Waals surface area contributed by atoms with Crippen LogP contribution in [0, 0.1) is 5.41 Å². The van der Waals surface area contributed by atoms with Gasteiger partial charge in [0.25, 0.3) is 0 Å². The molecule has 0 aromatic rings. The van der Waals surface area contributed by atoms with E-state index in [1.807, 2.05) is 6.92 Å². The number of carbonyl (C=O) groups excluding carboxylic acids is 1. The van der Waals surface area contributed by atoms with Gasteiger partial charge >= 0.3 is 0 Å². The molecule has 2 heteroatoms. The molecule has 0 rings (SSSR count). The van der Waals surface area contributed by atoms with Crippen LogP contribution in [0.2, 0.25) is 0 Å². The Morgan fingerprint density at radius 3 is 2.00 bits per heavy atom. The summed E-state index contributed by atoms with van der Waals surface area (Å²) in [5.41, 5.74) is 1.15. The van der Waals surface area contributed by atoms with Crippen LogP contribution in [0.25, 0.3) is 0 Å². The van der Waals surface area contributed by atoms with Gasteiger partial charge in [0.1, 0.15) is 0 Å². The minimum absolute atomic E-state index is 0.105. The summed E-state index contributed by atoms with van der Waals surface area (Å²) in [6, 6.07) is 0. The highest BCUT2D eigenvalue weighted by Gasteiger charge is 2.11. The second-order valence-electron chi connectivity index (χ2n) is 4.10. The Labute approximate surface area is 68.7 Å². The van der Waals surface area contributed by atoms with Crippen LogP contribution in [0.1, 0.15) is 41.0 Å². The van der Waals surface area contributed by atoms with E-state index < -0.39 is 0 Å². The first kappa shape index (κ1) is 10.3. The third kappa shape index (κ3) is 7.23. The SMILES string of the molecule is CC(=O)N=C(C)CC(C)(C)C. The molecule has 0 aliphatic carbocycles. The summed E-state index contributed by atoms with van der Waals surface area (Å²) >= 11 is 0. The van der Waals surface area contributed by atoms with Gasteiger partial charge in [-0.15, -0.1) is 0 Å². The molecular formula is C9H17NO. The summed E-state index contributed by atoms with van der Waals surface area (Å²) in [4.78, 5) is 14.4. The molecule has 0 spiro atoms. The van der Waals surface area contributed by atoms with Crippen molar-refractivity contribution in [3.8, 4) is 0 Å². The Hall–Kier alpha value is -0.660. The maximum Gasteiger partial charge on any atom is 0.242 e. The predicted octanol–water partition coefficient (Wildman–Crippen LogP) is 2.43. The van der Waals surface area contributed by atoms with Crippen molar-refractivity contribution in [2.45, 2.75) is 41.0 Å². The van der Waals surface area contributed by atoms with Crippen LogP contribution in [-0.2, 0) is 4.79 Å². The predicted molar refractivity (Wildman–Crippen MR) is 47.9 cm³/mol. The molecule has 0 fully saturated rings. The summed E-state index contributed by atoms with van der Waals surface area (Å²) in [5.74, 6) is -0.105. The van der Waals surface area contributed by atoms with Gasteiger partial charge in [-0.2, -0.15) is 0 Å². The highest BCUT2D eigenvalue weighted by Crippen LogP contribution is 2.18. The zero-order chi connectivity index (χ0) is 9.07. The van der Waals surface area contributed by atoms with E-state index in [9.17, 15) is 4.79 Å². The van der Waals surface area contributed by atoms with Crippen LogP contribution in [0.5, 0.6) is 0 Å². The molecule has 0 unspecified atom stereocenters. The average molecular weight is 155 g/mol. The maximum absolute atomic E-state index is 10.6. The van der Waals surface area contributed by atoms with Crippen molar-refractivity contribution in [1.29, 1.82) is 0 Å². The van der Waals surface area contributed by atoms with Gasteiger partial charge in [-0.3, -0.25) is 4.79 Å². The van der Waals surface area contributed by atoms with Crippen LogP contribution in [0.4, 0.5) is 0 Å². The smallest absolute Gasteiger partial charge is 0.242 e. The number of hydrogen-bond donors (Lipinski definition) is 0. The lowest BCUT2D eigenvalue weighted by molar-refractivity contribution is -0.115. The molecule has 0 N–H and O–H groups in total. The van der Waals surface area contributed by atoms with Crippen molar-refractivity contribution in [2.24, 2.45) is 10.4 Å². The number of rotatable bonds is 1. The quantitative estimate of drug-likeness (QED) is 0.535. The molecule has 2 nitrogen and oxygen atoms in total. The van der Waals surface area contributed by atoms with E-state index in [4.69, 9.17) is 0 Å². The van der Waals surface area contributed by atoms with Gasteiger partial charge in [0.2, 0.25) is 5.91 Å². The Morgan fingerprint density at radius 2 is 1.73 bits per heavy atom. The van der Waals surface area contributed by atoms with Crippen molar-refractivity contribution in [2.75, 3.05) is 0 Å². The van der Waals surface area contributed by atoms with Gasteiger partial charge in [0.05, 0.1) is 0 Å². The Morgan fingerprint density at radius 1 is 1.27 bits per heavy atom. The van der Waals surface area contributed by atoms with E-state index in [1.165, 1.54) is 6.92 Å². The molecule has 0 aromatic heterocycles. The Bertz CT molecular complexity index is 174. The van der Waals surface area contributed by atoms with Crippen molar-refractivity contribution in [3.63, 3.8) is 0 Å². The van der Waals surface area contributed by atoms with E-state index in [1.54, 1.807) is 0 Å². The topological polar surface area (TPSA) is 29.4 Å². The van der Waals surface area contributed by atoms with E-state index in [0.717, 1.165) is 12.1 Å². The number of carbonyl (C=O) groups is 1. The Balaban J connectivity index is 4.07. The second-order valence-corrected chi connectivity index (χ2v) is 4.10. The zero-order valence-corrected chi connectivity index (χ0v) is 8.06. The summed E-state index contributed by atoms with van der Waals surface area (Å²) in [5, 5.41) is 0. The number of amides is 1. The van der Waals surface area contributed by atoms with E-state index in [0.29, 0.717) is 0 Å². The fourth-order valence-electron chi connectivity index (χ4n) is 1.08. The second kappa shape index (κ2) is 3.65. The molecule has 11 heavy (non-hydrogen) atoms. The van der Waals surface area contributed by atoms with E-state index in [-0.39, 0.29) is 11.3 Å². The normalized spacial score (nSPS) is 13.4. The molecule has 1 amide bonds. The highest BCUT2D eigenvalue weighted by atomic mass is 16.1. The summed E-state index contributed by atoms with van der Waals surface area (Å²) in [6.45, 7) is 9.77. The van der Waals surface area contributed by atoms with Crippen molar-refractivity contribution < 1.29 is 4.79 Å². The summed E-state index contributed by atoms with van der Waals surface area (Å²) in [7, 11) is 0. The first-order chi connectivity index (χ1) is 4.81. The maximum atomic E-state index is 10.6. The molecule has 0 saturated carbocycles. The van der Waals surface area contributed by atoms with Crippen molar-refractivity contribution >= 4 is 11.6 Å². The van der Waals surface area contributed by atoms with Gasteiger partial charge in [-0.1, -0.05) is 20.8 Å². The van der Waals surface area contributed by atoms with Gasteiger partial charge in [0, 0.05) is 12.6 Å². The molecule has 64 valence electrons. The Kier molecular flexibility index (Phi) is 3.43. The standard InChI is InChI=1S/C9H17NO/c1-7(10-8(2)11)6-9(3,4)5/h6H2,1-5H3. The van der Waals surface area contributed by atoms with Crippen LogP contribution in [-0.4, -0.2) is 11.6 Å². The fraction of sp³-hybridized carbons (Fsp3) is 0.778. The summed E-state index contributed by atoms with van der Waals surface area (Å²) < 4.78 is 0. The first-order valence-corrected chi connectivity index (χ1v) is 3.86. The third-order valence-electron chi connectivity index (χ3n) is 1.13. The van der Waals surface area contributed by atoms with E-state index in [2.05, 4.69) is 25.8 Å². The third-order valence-corrected chi connectivity index (χ3v) is 1.13. The molecule has 0 bridgehead atoms. The molecule has 0 aliphatic heterocycles. The van der Waals surface area contributed by atoms with Crippen molar-refractivity contribution in [3.05, 3.63) is 0 Å². The molecule has 0 saturated heterocycles. The van der Waals surface area contributed by atoms with Gasteiger partial charge in [-0.25, -0.2) is 4.99 Å². The molecule has 0 radical (unpaired) electrons.